The fraction of sp³-hybridized carbons (Fsp3) is 0.200. The summed E-state index contributed by atoms with van der Waals surface area (Å²) in [7, 11) is 0. The molecule has 184 valence electrons. The third kappa shape index (κ3) is 6.20. The standard InChI is InChI=1S/C25H23N5O6/c31-22(32)13-28-23(33)17-4-1-15(2-5-17)11-26-24(34)19-10-20(30-14-29-19)25(35)27-12-16-3-6-21-18(9-16)7-8-36-21/h1-6,9-10,14H,7-8,11-13H2,(H,26,34)(H,27,35)(H,28,33)(H,31,32). The van der Waals surface area contributed by atoms with Crippen LogP contribution in [0.25, 0.3) is 0 Å². The van der Waals surface area contributed by atoms with E-state index in [-0.39, 0.29) is 17.9 Å². The number of nitrogens with zero attached hydrogens (tertiary/aromatic N) is 2. The summed E-state index contributed by atoms with van der Waals surface area (Å²) in [5, 5.41) is 16.4. The highest BCUT2D eigenvalue weighted by Crippen LogP contribution is 2.25. The Bertz CT molecular complexity index is 1310. The normalized spacial score (nSPS) is 11.7. The maximum atomic E-state index is 12.6. The zero-order chi connectivity index (χ0) is 25.5. The molecule has 0 spiro atoms. The molecule has 3 aromatic rings. The van der Waals surface area contributed by atoms with Crippen LogP contribution in [-0.2, 0) is 24.3 Å². The van der Waals surface area contributed by atoms with Crippen molar-refractivity contribution in [2.75, 3.05) is 13.2 Å². The van der Waals surface area contributed by atoms with E-state index in [1.807, 2.05) is 18.2 Å². The Balaban J connectivity index is 1.29. The number of hydrogen-bond donors (Lipinski definition) is 4. The Morgan fingerprint density at radius 3 is 2.11 bits per heavy atom. The van der Waals surface area contributed by atoms with E-state index >= 15 is 0 Å². The van der Waals surface area contributed by atoms with Crippen LogP contribution in [0.3, 0.4) is 0 Å². The molecule has 0 saturated carbocycles. The molecule has 4 N–H and O–H groups in total. The largest absolute Gasteiger partial charge is 0.493 e. The minimum absolute atomic E-state index is 0.0366. The van der Waals surface area contributed by atoms with Gasteiger partial charge in [0.05, 0.1) is 6.61 Å². The second-order valence-electron chi connectivity index (χ2n) is 7.97. The molecule has 0 atom stereocenters. The Morgan fingerprint density at radius 1 is 0.806 bits per heavy atom. The van der Waals surface area contributed by atoms with Crippen molar-refractivity contribution < 1.29 is 29.0 Å². The lowest BCUT2D eigenvalue weighted by Crippen LogP contribution is -2.29. The number of carboxylic acid groups (broad SMARTS) is 1. The summed E-state index contributed by atoms with van der Waals surface area (Å²) in [6.07, 6.45) is 1.99. The highest BCUT2D eigenvalue weighted by molar-refractivity contribution is 5.97. The van der Waals surface area contributed by atoms with Crippen LogP contribution in [0.5, 0.6) is 5.75 Å². The molecule has 3 amide bonds. The smallest absolute Gasteiger partial charge is 0.322 e. The van der Waals surface area contributed by atoms with E-state index in [1.54, 1.807) is 12.1 Å². The first-order valence-electron chi connectivity index (χ1n) is 11.1. The van der Waals surface area contributed by atoms with Gasteiger partial charge >= 0.3 is 5.97 Å². The topological polar surface area (TPSA) is 160 Å². The molecule has 36 heavy (non-hydrogen) atoms. The van der Waals surface area contributed by atoms with Crippen molar-refractivity contribution in [2.45, 2.75) is 19.5 Å². The molecule has 1 aliphatic heterocycles. The molecule has 0 unspecified atom stereocenters. The Kier molecular flexibility index (Phi) is 7.49. The Morgan fingerprint density at radius 2 is 1.44 bits per heavy atom. The maximum Gasteiger partial charge on any atom is 0.322 e. The van der Waals surface area contributed by atoms with Gasteiger partial charge in [0, 0.05) is 31.1 Å². The van der Waals surface area contributed by atoms with Crippen molar-refractivity contribution in [1.29, 1.82) is 0 Å². The quantitative estimate of drug-likeness (QED) is 0.347. The van der Waals surface area contributed by atoms with Crippen LogP contribution < -0.4 is 20.7 Å². The number of fused-ring (bicyclic) bond motifs is 1. The van der Waals surface area contributed by atoms with Crippen molar-refractivity contribution in [3.63, 3.8) is 0 Å². The van der Waals surface area contributed by atoms with Gasteiger partial charge in [-0.15, -0.1) is 0 Å². The monoisotopic (exact) mass is 489 g/mol. The Labute approximate surface area is 205 Å². The fourth-order valence-corrected chi connectivity index (χ4v) is 3.53. The molecule has 11 nitrogen and oxygen atoms in total. The number of carbonyl (C=O) groups excluding carboxylic acids is 3. The summed E-state index contributed by atoms with van der Waals surface area (Å²) >= 11 is 0. The summed E-state index contributed by atoms with van der Waals surface area (Å²) < 4.78 is 5.49. The number of amides is 3. The number of ether oxygens (including phenoxy) is 1. The van der Waals surface area contributed by atoms with E-state index in [1.165, 1.54) is 18.2 Å². The molecule has 0 fully saturated rings. The van der Waals surface area contributed by atoms with Gasteiger partial charge in [-0.1, -0.05) is 24.3 Å². The first-order chi connectivity index (χ1) is 17.4. The first-order valence-corrected chi connectivity index (χ1v) is 11.1. The first kappa shape index (κ1) is 24.3. The van der Waals surface area contributed by atoms with Crippen LogP contribution >= 0.6 is 0 Å². The van der Waals surface area contributed by atoms with Gasteiger partial charge < -0.3 is 25.8 Å². The lowest BCUT2D eigenvalue weighted by molar-refractivity contribution is -0.135. The van der Waals surface area contributed by atoms with Crippen LogP contribution in [0.4, 0.5) is 0 Å². The number of rotatable bonds is 9. The van der Waals surface area contributed by atoms with Gasteiger partial charge in [0.25, 0.3) is 17.7 Å². The lowest BCUT2D eigenvalue weighted by atomic mass is 10.1. The molecular weight excluding hydrogens is 466 g/mol. The molecule has 0 radical (unpaired) electrons. The van der Waals surface area contributed by atoms with Gasteiger partial charge in [-0.25, -0.2) is 9.97 Å². The molecular formula is C25H23N5O6. The molecule has 1 aromatic heterocycles. The number of aliphatic carboxylic acids is 1. The zero-order valence-electron chi connectivity index (χ0n) is 19.1. The number of hydrogen-bond acceptors (Lipinski definition) is 7. The molecule has 4 rings (SSSR count). The highest BCUT2D eigenvalue weighted by Gasteiger charge is 2.15. The number of nitrogens with one attached hydrogen (secondary N) is 3. The van der Waals surface area contributed by atoms with Gasteiger partial charge in [-0.05, 0) is 34.9 Å². The zero-order valence-corrected chi connectivity index (χ0v) is 19.1. The molecule has 1 aliphatic rings. The van der Waals surface area contributed by atoms with Crippen LogP contribution in [0.15, 0.2) is 54.9 Å². The summed E-state index contributed by atoms with van der Waals surface area (Å²) in [5.41, 5.74) is 3.16. The minimum atomic E-state index is -1.14. The van der Waals surface area contributed by atoms with Crippen LogP contribution in [-0.4, -0.2) is 51.9 Å². The van der Waals surface area contributed by atoms with Crippen molar-refractivity contribution >= 4 is 23.7 Å². The molecule has 11 heteroatoms. The van der Waals surface area contributed by atoms with Gasteiger partial charge in [-0.3, -0.25) is 19.2 Å². The number of carbonyl (C=O) groups is 4. The minimum Gasteiger partial charge on any atom is -0.493 e. The SMILES string of the molecule is O=C(O)CNC(=O)c1ccc(CNC(=O)c2cc(C(=O)NCc3ccc4c(c3)CCO4)ncn2)cc1. The second-order valence-corrected chi connectivity index (χ2v) is 7.97. The van der Waals surface area contributed by atoms with Crippen molar-refractivity contribution in [2.24, 2.45) is 0 Å². The maximum absolute atomic E-state index is 12.6. The third-order valence-corrected chi connectivity index (χ3v) is 5.41. The van der Waals surface area contributed by atoms with Gasteiger partial charge in [0.1, 0.15) is 30.0 Å². The van der Waals surface area contributed by atoms with Gasteiger partial charge in [-0.2, -0.15) is 0 Å². The predicted octanol–water partition coefficient (Wildman–Crippen LogP) is 1.09. The van der Waals surface area contributed by atoms with Crippen LogP contribution in [0.1, 0.15) is 48.0 Å². The highest BCUT2D eigenvalue weighted by atomic mass is 16.5. The van der Waals surface area contributed by atoms with Gasteiger partial charge in [0.2, 0.25) is 0 Å². The number of aromatic nitrogens is 2. The van der Waals surface area contributed by atoms with Crippen LogP contribution in [0.2, 0.25) is 0 Å². The molecule has 2 heterocycles. The summed E-state index contributed by atoms with van der Waals surface area (Å²) in [6, 6.07) is 13.4. The summed E-state index contributed by atoms with van der Waals surface area (Å²) in [4.78, 5) is 55.4. The van der Waals surface area contributed by atoms with E-state index in [4.69, 9.17) is 9.84 Å². The van der Waals surface area contributed by atoms with E-state index < -0.39 is 30.2 Å². The number of carboxylic acids is 1. The predicted molar refractivity (Wildman–Crippen MR) is 126 cm³/mol. The van der Waals surface area contributed by atoms with Crippen molar-refractivity contribution in [3.05, 3.63) is 88.5 Å². The molecule has 0 aliphatic carbocycles. The molecule has 2 aromatic carbocycles. The van der Waals surface area contributed by atoms with E-state index in [0.29, 0.717) is 24.3 Å². The van der Waals surface area contributed by atoms with Crippen LogP contribution in [0, 0.1) is 0 Å². The Hall–Kier alpha value is -4.80. The summed E-state index contributed by atoms with van der Waals surface area (Å²) in [6.45, 7) is 0.651. The average molecular weight is 489 g/mol. The molecule has 0 bridgehead atoms. The lowest BCUT2D eigenvalue weighted by Gasteiger charge is -2.08. The number of benzene rings is 2. The van der Waals surface area contributed by atoms with E-state index in [0.717, 1.165) is 29.6 Å². The van der Waals surface area contributed by atoms with Crippen molar-refractivity contribution in [3.8, 4) is 5.75 Å². The van der Waals surface area contributed by atoms with E-state index in [2.05, 4.69) is 25.9 Å². The van der Waals surface area contributed by atoms with Crippen molar-refractivity contribution in [1.82, 2.24) is 25.9 Å². The third-order valence-electron chi connectivity index (χ3n) is 5.41. The second kappa shape index (κ2) is 11.1. The van der Waals surface area contributed by atoms with Gasteiger partial charge in [0.15, 0.2) is 0 Å². The fourth-order valence-electron chi connectivity index (χ4n) is 3.53. The molecule has 0 saturated heterocycles. The summed E-state index contributed by atoms with van der Waals surface area (Å²) in [5.74, 6) is -1.70. The average Bonchev–Trinajstić information content (AvgIpc) is 3.37. The van der Waals surface area contributed by atoms with E-state index in [9.17, 15) is 19.2 Å².